The molecule has 5 nitrogen and oxygen atoms in total. The van der Waals surface area contributed by atoms with Crippen LogP contribution in [0.4, 0.5) is 5.69 Å². The van der Waals surface area contributed by atoms with Gasteiger partial charge in [-0.2, -0.15) is 0 Å². The molecule has 2 aromatic heterocycles. The molecular weight excluding hydrogens is 370 g/mol. The van der Waals surface area contributed by atoms with Gasteiger partial charge in [-0.25, -0.2) is 0 Å². The van der Waals surface area contributed by atoms with E-state index >= 15 is 0 Å². The first-order valence-corrected chi connectivity index (χ1v) is 10.3. The molecule has 1 aliphatic heterocycles. The first-order chi connectivity index (χ1) is 13.4. The number of nitrogens with one attached hydrogen (secondary N) is 1. The van der Waals surface area contributed by atoms with Crippen molar-refractivity contribution in [3.8, 4) is 0 Å². The van der Waals surface area contributed by atoms with Gasteiger partial charge in [0.25, 0.3) is 0 Å². The molecule has 2 atom stereocenters. The molecular formula is C22H23N3O2S. The van der Waals surface area contributed by atoms with E-state index in [1.807, 2.05) is 61.5 Å². The minimum atomic E-state index is -0.547. The van der Waals surface area contributed by atoms with E-state index in [1.165, 1.54) is 11.9 Å². The van der Waals surface area contributed by atoms with Crippen molar-refractivity contribution in [2.45, 2.75) is 26.8 Å². The molecule has 6 heteroatoms. The van der Waals surface area contributed by atoms with Crippen LogP contribution in [0.5, 0.6) is 0 Å². The Morgan fingerprint density at radius 3 is 2.68 bits per heavy atom. The molecule has 3 aromatic rings. The SMILES string of the molecule is CC(C)(C)C(=O)C1C(C(=O)c2c[nH]c3ccccc23)CSN1c1cccnc1. The van der Waals surface area contributed by atoms with E-state index in [4.69, 9.17) is 0 Å². The third-order valence-electron chi connectivity index (χ3n) is 5.13. The summed E-state index contributed by atoms with van der Waals surface area (Å²) in [6.45, 7) is 5.73. The summed E-state index contributed by atoms with van der Waals surface area (Å²) < 4.78 is 1.97. The molecule has 0 bridgehead atoms. The fraction of sp³-hybridized carbons (Fsp3) is 0.318. The third kappa shape index (κ3) is 3.22. The minimum Gasteiger partial charge on any atom is -0.360 e. The maximum Gasteiger partial charge on any atom is 0.171 e. The van der Waals surface area contributed by atoms with Gasteiger partial charge in [0.2, 0.25) is 0 Å². The van der Waals surface area contributed by atoms with Gasteiger partial charge in [-0.3, -0.25) is 14.6 Å². The van der Waals surface area contributed by atoms with Gasteiger partial charge in [-0.1, -0.05) is 39.0 Å². The average Bonchev–Trinajstić information content (AvgIpc) is 3.31. The number of aromatic nitrogens is 2. The fourth-order valence-electron chi connectivity index (χ4n) is 3.64. The molecule has 1 fully saturated rings. The third-order valence-corrected chi connectivity index (χ3v) is 6.35. The highest BCUT2D eigenvalue weighted by Gasteiger charge is 2.47. The summed E-state index contributed by atoms with van der Waals surface area (Å²) in [7, 11) is 0. The molecule has 1 saturated heterocycles. The number of ketones is 2. The Kier molecular flexibility index (Phi) is 4.75. The molecule has 3 heterocycles. The first-order valence-electron chi connectivity index (χ1n) is 9.35. The van der Waals surface area contributed by atoms with Crippen molar-refractivity contribution >= 4 is 40.1 Å². The number of para-hydroxylation sites is 1. The molecule has 0 amide bonds. The lowest BCUT2D eigenvalue weighted by atomic mass is 9.79. The van der Waals surface area contributed by atoms with E-state index in [0.717, 1.165) is 16.6 Å². The molecule has 1 aliphatic rings. The molecule has 1 N–H and O–H groups in total. The largest absolute Gasteiger partial charge is 0.360 e. The second kappa shape index (κ2) is 7.09. The number of carbonyl (C=O) groups excluding carboxylic acids is 2. The number of fused-ring (bicyclic) bond motifs is 1. The molecule has 0 spiro atoms. The number of anilines is 1. The number of pyridine rings is 1. The Morgan fingerprint density at radius 2 is 1.96 bits per heavy atom. The number of hydrogen-bond donors (Lipinski definition) is 1. The van der Waals surface area contributed by atoms with Crippen LogP contribution < -0.4 is 4.31 Å². The van der Waals surface area contributed by atoms with Gasteiger partial charge in [-0.15, -0.1) is 0 Å². The smallest absolute Gasteiger partial charge is 0.171 e. The minimum absolute atomic E-state index is 0.0129. The van der Waals surface area contributed by atoms with Crippen molar-refractivity contribution < 1.29 is 9.59 Å². The second-order valence-corrected chi connectivity index (χ2v) is 9.10. The maximum absolute atomic E-state index is 13.5. The number of rotatable bonds is 4. The van der Waals surface area contributed by atoms with Gasteiger partial charge in [0, 0.05) is 40.0 Å². The summed E-state index contributed by atoms with van der Waals surface area (Å²) in [6, 6.07) is 11.0. The normalized spacial score (nSPS) is 19.9. The number of Topliss-reactive ketones (excluding diaryl/α,β-unsaturated/α-hetero) is 2. The monoisotopic (exact) mass is 393 g/mol. The quantitative estimate of drug-likeness (QED) is 0.522. The predicted molar refractivity (Wildman–Crippen MR) is 114 cm³/mol. The molecule has 4 rings (SSSR count). The topological polar surface area (TPSA) is 66.1 Å². The lowest BCUT2D eigenvalue weighted by Gasteiger charge is -2.31. The van der Waals surface area contributed by atoms with Gasteiger partial charge in [-0.05, 0) is 30.1 Å². The van der Waals surface area contributed by atoms with E-state index in [0.29, 0.717) is 11.3 Å². The molecule has 144 valence electrons. The summed E-state index contributed by atoms with van der Waals surface area (Å²) in [5.74, 6) is 0.245. The number of carbonyl (C=O) groups is 2. The predicted octanol–water partition coefficient (Wildman–Crippen LogP) is 4.51. The highest BCUT2D eigenvalue weighted by atomic mass is 32.2. The molecule has 0 radical (unpaired) electrons. The standard InChI is InChI=1S/C22H23N3O2S/c1-22(2,3)21(27)19-17(13-28-25(19)14-7-6-10-23-11-14)20(26)16-12-24-18-9-5-4-8-15(16)18/h4-12,17,19,24H,13H2,1-3H3. The van der Waals surface area contributed by atoms with Crippen molar-refractivity contribution in [3.05, 3.63) is 60.6 Å². The van der Waals surface area contributed by atoms with Crippen LogP contribution in [-0.2, 0) is 4.79 Å². The molecule has 1 aromatic carbocycles. The maximum atomic E-state index is 13.5. The second-order valence-electron chi connectivity index (χ2n) is 8.11. The van der Waals surface area contributed by atoms with Crippen LogP contribution >= 0.6 is 11.9 Å². The van der Waals surface area contributed by atoms with Crippen LogP contribution in [0.3, 0.4) is 0 Å². The van der Waals surface area contributed by atoms with Gasteiger partial charge < -0.3 is 9.29 Å². The van der Waals surface area contributed by atoms with Crippen molar-refractivity contribution in [3.63, 3.8) is 0 Å². The summed E-state index contributed by atoms with van der Waals surface area (Å²) in [4.78, 5) is 34.2. The zero-order valence-electron chi connectivity index (χ0n) is 16.2. The zero-order valence-corrected chi connectivity index (χ0v) is 17.0. The molecule has 0 saturated carbocycles. The number of hydrogen-bond acceptors (Lipinski definition) is 5. The van der Waals surface area contributed by atoms with E-state index in [9.17, 15) is 9.59 Å². The number of H-pyrrole nitrogens is 1. The summed E-state index contributed by atoms with van der Waals surface area (Å²) in [6.07, 6.45) is 5.22. The Bertz CT molecular complexity index is 1020. The summed E-state index contributed by atoms with van der Waals surface area (Å²) in [5.41, 5.74) is 1.89. The summed E-state index contributed by atoms with van der Waals surface area (Å²) in [5, 5.41) is 0.902. The fourth-order valence-corrected chi connectivity index (χ4v) is 4.96. The van der Waals surface area contributed by atoms with Crippen LogP contribution in [0.2, 0.25) is 0 Å². The highest BCUT2D eigenvalue weighted by Crippen LogP contribution is 2.41. The van der Waals surface area contributed by atoms with Crippen LogP contribution in [0.15, 0.2) is 55.0 Å². The Balaban J connectivity index is 1.74. The van der Waals surface area contributed by atoms with Gasteiger partial charge in [0.15, 0.2) is 11.6 Å². The van der Waals surface area contributed by atoms with E-state index in [-0.39, 0.29) is 11.6 Å². The number of aromatic amines is 1. The Labute approximate surface area is 168 Å². The van der Waals surface area contributed by atoms with Crippen molar-refractivity contribution in [1.29, 1.82) is 0 Å². The van der Waals surface area contributed by atoms with E-state index in [2.05, 4.69) is 9.97 Å². The first kappa shape index (κ1) is 18.7. The lowest BCUT2D eigenvalue weighted by Crippen LogP contribution is -2.46. The van der Waals surface area contributed by atoms with Crippen LogP contribution in [0, 0.1) is 11.3 Å². The van der Waals surface area contributed by atoms with Gasteiger partial charge in [0.1, 0.15) is 6.04 Å². The number of benzene rings is 1. The van der Waals surface area contributed by atoms with Crippen molar-refractivity contribution in [2.24, 2.45) is 11.3 Å². The molecule has 2 unspecified atom stereocenters. The average molecular weight is 394 g/mol. The van der Waals surface area contributed by atoms with Gasteiger partial charge in [0.05, 0.1) is 17.8 Å². The van der Waals surface area contributed by atoms with Gasteiger partial charge >= 0.3 is 0 Å². The van der Waals surface area contributed by atoms with E-state index < -0.39 is 17.4 Å². The number of nitrogens with zero attached hydrogens (tertiary/aromatic N) is 2. The van der Waals surface area contributed by atoms with Crippen LogP contribution in [-0.4, -0.2) is 33.3 Å². The van der Waals surface area contributed by atoms with Crippen molar-refractivity contribution in [1.82, 2.24) is 9.97 Å². The zero-order chi connectivity index (χ0) is 19.9. The Morgan fingerprint density at radius 1 is 1.18 bits per heavy atom. The lowest BCUT2D eigenvalue weighted by molar-refractivity contribution is -0.127. The van der Waals surface area contributed by atoms with Crippen molar-refractivity contribution in [2.75, 3.05) is 10.1 Å². The van der Waals surface area contributed by atoms with E-state index in [1.54, 1.807) is 18.6 Å². The molecule has 0 aliphatic carbocycles. The highest BCUT2D eigenvalue weighted by molar-refractivity contribution is 8.01. The van der Waals surface area contributed by atoms with Crippen LogP contribution in [0.1, 0.15) is 31.1 Å². The Hall–Kier alpha value is -2.60. The summed E-state index contributed by atoms with van der Waals surface area (Å²) >= 11 is 1.53. The molecule has 28 heavy (non-hydrogen) atoms. The van der Waals surface area contributed by atoms with Crippen LogP contribution in [0.25, 0.3) is 10.9 Å².